The minimum atomic E-state index is -2.61. The summed E-state index contributed by atoms with van der Waals surface area (Å²) in [4.78, 5) is 1.83. The summed E-state index contributed by atoms with van der Waals surface area (Å²) in [6.07, 6.45) is 0.955. The Kier molecular flexibility index (Phi) is 3.24. The molecule has 2 unspecified atom stereocenters. The molecule has 1 rings (SSSR count). The Morgan fingerprint density at radius 3 is 2.62 bits per heavy atom. The molecule has 0 aromatic rings. The molecule has 0 bridgehead atoms. The second kappa shape index (κ2) is 3.88. The number of nitrogens with zero attached hydrogens (tertiary/aromatic N) is 1. The number of nitrogens with two attached hydrogens (primary N) is 1. The van der Waals surface area contributed by atoms with Crippen molar-refractivity contribution in [3.63, 3.8) is 0 Å². The summed E-state index contributed by atoms with van der Waals surface area (Å²) in [6.45, 7) is 4.65. The van der Waals surface area contributed by atoms with Crippen LogP contribution in [0.5, 0.6) is 0 Å². The SMILES string of the molecule is CC(N1CCC(CN)C1)C(C)(F)F. The minimum absolute atomic E-state index is 0.407. The van der Waals surface area contributed by atoms with E-state index in [9.17, 15) is 8.78 Å². The van der Waals surface area contributed by atoms with Gasteiger partial charge in [0.2, 0.25) is 0 Å². The van der Waals surface area contributed by atoms with Crippen molar-refractivity contribution in [1.29, 1.82) is 0 Å². The normalized spacial score (nSPS) is 27.9. The van der Waals surface area contributed by atoms with Crippen molar-refractivity contribution in [1.82, 2.24) is 4.90 Å². The van der Waals surface area contributed by atoms with Crippen LogP contribution in [-0.4, -0.2) is 36.5 Å². The average molecular weight is 192 g/mol. The van der Waals surface area contributed by atoms with Crippen molar-refractivity contribution >= 4 is 0 Å². The van der Waals surface area contributed by atoms with Crippen molar-refractivity contribution in [3.8, 4) is 0 Å². The van der Waals surface area contributed by atoms with E-state index in [1.54, 1.807) is 6.92 Å². The molecule has 13 heavy (non-hydrogen) atoms. The third kappa shape index (κ3) is 2.61. The zero-order valence-electron chi connectivity index (χ0n) is 8.26. The summed E-state index contributed by atoms with van der Waals surface area (Å²) in [5.41, 5.74) is 5.49. The average Bonchev–Trinajstić information content (AvgIpc) is 2.48. The lowest BCUT2D eigenvalue weighted by molar-refractivity contribution is -0.0535. The van der Waals surface area contributed by atoms with E-state index in [0.717, 1.165) is 26.4 Å². The van der Waals surface area contributed by atoms with Crippen LogP contribution in [0.25, 0.3) is 0 Å². The lowest BCUT2D eigenvalue weighted by atomic mass is 10.1. The molecule has 0 spiro atoms. The summed E-state index contributed by atoms with van der Waals surface area (Å²) in [5, 5.41) is 0. The van der Waals surface area contributed by atoms with Crippen molar-refractivity contribution in [2.24, 2.45) is 11.7 Å². The highest BCUT2D eigenvalue weighted by Crippen LogP contribution is 2.26. The van der Waals surface area contributed by atoms with E-state index >= 15 is 0 Å². The summed E-state index contributed by atoms with van der Waals surface area (Å²) in [7, 11) is 0. The fourth-order valence-electron chi connectivity index (χ4n) is 1.73. The highest BCUT2D eigenvalue weighted by atomic mass is 19.3. The molecule has 2 atom stereocenters. The lowest BCUT2D eigenvalue weighted by Crippen LogP contribution is -2.43. The molecule has 0 aliphatic carbocycles. The number of halogens is 2. The van der Waals surface area contributed by atoms with Crippen LogP contribution >= 0.6 is 0 Å². The maximum Gasteiger partial charge on any atom is 0.260 e. The first-order valence-corrected chi connectivity index (χ1v) is 4.77. The van der Waals surface area contributed by atoms with Crippen LogP contribution in [0.3, 0.4) is 0 Å². The van der Waals surface area contributed by atoms with Crippen LogP contribution in [-0.2, 0) is 0 Å². The second-order valence-electron chi connectivity index (χ2n) is 4.02. The Labute approximate surface area is 78.1 Å². The molecule has 1 saturated heterocycles. The van der Waals surface area contributed by atoms with Crippen molar-refractivity contribution in [2.75, 3.05) is 19.6 Å². The van der Waals surface area contributed by atoms with Gasteiger partial charge in [0.1, 0.15) is 0 Å². The van der Waals surface area contributed by atoms with Crippen LogP contribution in [0, 0.1) is 5.92 Å². The van der Waals surface area contributed by atoms with Gasteiger partial charge in [-0.1, -0.05) is 0 Å². The van der Waals surface area contributed by atoms with E-state index in [0.29, 0.717) is 12.5 Å². The minimum Gasteiger partial charge on any atom is -0.330 e. The van der Waals surface area contributed by atoms with Crippen molar-refractivity contribution in [3.05, 3.63) is 0 Å². The highest BCUT2D eigenvalue weighted by Gasteiger charge is 2.37. The van der Waals surface area contributed by atoms with E-state index < -0.39 is 12.0 Å². The van der Waals surface area contributed by atoms with Gasteiger partial charge in [-0.25, -0.2) is 8.78 Å². The van der Waals surface area contributed by atoms with E-state index in [-0.39, 0.29) is 0 Å². The molecule has 0 radical (unpaired) electrons. The second-order valence-corrected chi connectivity index (χ2v) is 4.02. The molecule has 4 heteroatoms. The third-order valence-electron chi connectivity index (χ3n) is 2.93. The number of rotatable bonds is 3. The van der Waals surface area contributed by atoms with Gasteiger partial charge in [-0.05, 0) is 32.4 Å². The summed E-state index contributed by atoms with van der Waals surface area (Å²) in [6, 6.07) is -0.663. The maximum atomic E-state index is 12.9. The van der Waals surface area contributed by atoms with E-state index in [2.05, 4.69) is 0 Å². The van der Waals surface area contributed by atoms with Gasteiger partial charge in [0.15, 0.2) is 0 Å². The molecule has 0 aromatic heterocycles. The Morgan fingerprint density at radius 1 is 1.62 bits per heavy atom. The van der Waals surface area contributed by atoms with Gasteiger partial charge in [0, 0.05) is 13.5 Å². The third-order valence-corrected chi connectivity index (χ3v) is 2.93. The predicted molar refractivity (Wildman–Crippen MR) is 48.8 cm³/mol. The largest absolute Gasteiger partial charge is 0.330 e. The van der Waals surface area contributed by atoms with Gasteiger partial charge in [0.25, 0.3) is 5.92 Å². The van der Waals surface area contributed by atoms with Gasteiger partial charge in [-0.2, -0.15) is 0 Å². The zero-order valence-corrected chi connectivity index (χ0v) is 8.26. The van der Waals surface area contributed by atoms with Crippen LogP contribution < -0.4 is 5.73 Å². The summed E-state index contributed by atoms with van der Waals surface area (Å²) >= 11 is 0. The highest BCUT2D eigenvalue weighted by molar-refractivity contribution is 4.85. The number of hydrogen-bond acceptors (Lipinski definition) is 2. The molecule has 78 valence electrons. The molecule has 2 nitrogen and oxygen atoms in total. The van der Waals surface area contributed by atoms with E-state index in [4.69, 9.17) is 5.73 Å². The summed E-state index contributed by atoms with van der Waals surface area (Å²) in [5.74, 6) is -2.20. The molecule has 2 N–H and O–H groups in total. The van der Waals surface area contributed by atoms with E-state index in [1.807, 2.05) is 4.90 Å². The first-order chi connectivity index (χ1) is 5.95. The molecule has 0 saturated carbocycles. The summed E-state index contributed by atoms with van der Waals surface area (Å²) < 4.78 is 25.9. The van der Waals surface area contributed by atoms with Gasteiger partial charge in [-0.3, -0.25) is 4.90 Å². The Hall–Kier alpha value is -0.220. The predicted octanol–water partition coefficient (Wildman–Crippen LogP) is 1.31. The lowest BCUT2D eigenvalue weighted by Gasteiger charge is -2.29. The van der Waals surface area contributed by atoms with Gasteiger partial charge < -0.3 is 5.73 Å². The number of likely N-dealkylation sites (tertiary alicyclic amines) is 1. The van der Waals surface area contributed by atoms with Crippen LogP contribution in [0.2, 0.25) is 0 Å². The fraction of sp³-hybridized carbons (Fsp3) is 1.00. The smallest absolute Gasteiger partial charge is 0.260 e. The molecule has 1 aliphatic heterocycles. The fourth-order valence-corrected chi connectivity index (χ4v) is 1.73. The van der Waals surface area contributed by atoms with Gasteiger partial charge in [0.05, 0.1) is 6.04 Å². The standard InChI is InChI=1S/C9H18F2N2/c1-7(9(2,10)11)13-4-3-8(5-12)6-13/h7-8H,3-6,12H2,1-2H3. The molecule has 1 heterocycles. The molecule has 0 aromatic carbocycles. The monoisotopic (exact) mass is 192 g/mol. The van der Waals surface area contributed by atoms with Crippen molar-refractivity contribution in [2.45, 2.75) is 32.2 Å². The Balaban J connectivity index is 2.46. The molecule has 0 amide bonds. The Bertz CT molecular complexity index is 167. The van der Waals surface area contributed by atoms with Crippen LogP contribution in [0.15, 0.2) is 0 Å². The van der Waals surface area contributed by atoms with Crippen molar-refractivity contribution < 1.29 is 8.78 Å². The molecule has 1 aliphatic rings. The van der Waals surface area contributed by atoms with Gasteiger partial charge in [-0.15, -0.1) is 0 Å². The first kappa shape index (κ1) is 10.9. The quantitative estimate of drug-likeness (QED) is 0.730. The Morgan fingerprint density at radius 2 is 2.23 bits per heavy atom. The molecule has 1 fully saturated rings. The zero-order chi connectivity index (χ0) is 10.1. The number of hydrogen-bond donors (Lipinski definition) is 1. The number of alkyl halides is 2. The molecular weight excluding hydrogens is 174 g/mol. The topological polar surface area (TPSA) is 29.3 Å². The molecular formula is C9H18F2N2. The van der Waals surface area contributed by atoms with E-state index in [1.165, 1.54) is 0 Å². The maximum absolute atomic E-state index is 12.9. The van der Waals surface area contributed by atoms with Gasteiger partial charge >= 0.3 is 0 Å². The van der Waals surface area contributed by atoms with Crippen LogP contribution in [0.1, 0.15) is 20.3 Å². The van der Waals surface area contributed by atoms with Crippen LogP contribution in [0.4, 0.5) is 8.78 Å². The first-order valence-electron chi connectivity index (χ1n) is 4.77.